The molecule has 0 aromatic carbocycles. The van der Waals surface area contributed by atoms with Crippen molar-refractivity contribution >= 4 is 0 Å². The average Bonchev–Trinajstić information content (AvgIpc) is 2.77. The van der Waals surface area contributed by atoms with E-state index in [0.29, 0.717) is 18.3 Å². The van der Waals surface area contributed by atoms with Crippen LogP contribution in [0.1, 0.15) is 12.2 Å². The molecule has 5 nitrogen and oxygen atoms in total. The molecule has 1 aliphatic heterocycles. The minimum Gasteiger partial charge on any atom is -0.502 e. The van der Waals surface area contributed by atoms with E-state index in [4.69, 9.17) is 9.52 Å². The fourth-order valence-corrected chi connectivity index (χ4v) is 1.92. The molecule has 0 radical (unpaired) electrons. The lowest BCUT2D eigenvalue weighted by molar-refractivity contribution is 0.226. The van der Waals surface area contributed by atoms with E-state index in [1.165, 1.54) is 6.07 Å². The van der Waals surface area contributed by atoms with Gasteiger partial charge in [-0.1, -0.05) is 0 Å². The summed E-state index contributed by atoms with van der Waals surface area (Å²) < 4.78 is 5.16. The van der Waals surface area contributed by atoms with Crippen molar-refractivity contribution in [1.82, 2.24) is 10.2 Å². The zero-order chi connectivity index (χ0) is 11.5. The van der Waals surface area contributed by atoms with E-state index in [1.54, 1.807) is 0 Å². The summed E-state index contributed by atoms with van der Waals surface area (Å²) in [5.41, 5.74) is -0.390. The van der Waals surface area contributed by atoms with Gasteiger partial charge in [0, 0.05) is 18.7 Å². The smallest absolute Gasteiger partial charge is 0.226 e. The molecule has 1 saturated heterocycles. The molecule has 1 aliphatic rings. The molecule has 0 bridgehead atoms. The Morgan fingerprint density at radius 1 is 1.69 bits per heavy atom. The maximum atomic E-state index is 11.2. The summed E-state index contributed by atoms with van der Waals surface area (Å²) in [4.78, 5) is 13.3. The molecule has 2 rings (SSSR count). The molecule has 1 aromatic heterocycles. The summed E-state index contributed by atoms with van der Waals surface area (Å²) in [7, 11) is 2.00. The van der Waals surface area contributed by atoms with Crippen LogP contribution >= 0.6 is 0 Å². The van der Waals surface area contributed by atoms with Crippen molar-refractivity contribution in [2.24, 2.45) is 0 Å². The first kappa shape index (κ1) is 11.2. The van der Waals surface area contributed by atoms with Crippen LogP contribution in [0, 0.1) is 0 Å². The third-order valence-electron chi connectivity index (χ3n) is 2.93. The topological polar surface area (TPSA) is 65.7 Å². The molecule has 1 atom stereocenters. The lowest BCUT2D eigenvalue weighted by Gasteiger charge is -2.22. The molecule has 88 valence electrons. The van der Waals surface area contributed by atoms with E-state index in [1.807, 2.05) is 7.05 Å². The fraction of sp³-hybridized carbons (Fsp3) is 0.545. The van der Waals surface area contributed by atoms with Crippen molar-refractivity contribution in [2.45, 2.75) is 19.0 Å². The van der Waals surface area contributed by atoms with Gasteiger partial charge in [-0.25, -0.2) is 0 Å². The molecule has 0 spiro atoms. The highest BCUT2D eigenvalue weighted by Gasteiger charge is 2.19. The maximum absolute atomic E-state index is 11.2. The fourth-order valence-electron chi connectivity index (χ4n) is 1.92. The molecule has 1 fully saturated rings. The second-order valence-corrected chi connectivity index (χ2v) is 4.16. The first-order valence-corrected chi connectivity index (χ1v) is 5.38. The van der Waals surface area contributed by atoms with Gasteiger partial charge >= 0.3 is 0 Å². The second kappa shape index (κ2) is 4.67. The molecule has 2 N–H and O–H groups in total. The predicted molar refractivity (Wildman–Crippen MR) is 59.4 cm³/mol. The Morgan fingerprint density at radius 2 is 2.50 bits per heavy atom. The number of rotatable bonds is 3. The molecule has 5 heteroatoms. The van der Waals surface area contributed by atoms with E-state index in [0.717, 1.165) is 25.8 Å². The van der Waals surface area contributed by atoms with Crippen LogP contribution in [0.4, 0.5) is 0 Å². The van der Waals surface area contributed by atoms with Gasteiger partial charge in [0.15, 0.2) is 5.75 Å². The standard InChI is InChI=1S/C11H16N2O3/c1-13(8-2-3-12-5-8)6-9-4-10(14)11(15)7-16-9/h4,7-8,12,15H,2-3,5-6H2,1H3. The van der Waals surface area contributed by atoms with Gasteiger partial charge in [0.2, 0.25) is 5.43 Å². The third kappa shape index (κ3) is 2.43. The molecule has 0 amide bonds. The van der Waals surface area contributed by atoms with Gasteiger partial charge in [0.05, 0.1) is 6.54 Å². The van der Waals surface area contributed by atoms with Crippen LogP contribution in [0.3, 0.4) is 0 Å². The van der Waals surface area contributed by atoms with Gasteiger partial charge < -0.3 is 14.8 Å². The Kier molecular flexibility index (Phi) is 3.26. The summed E-state index contributed by atoms with van der Waals surface area (Å²) >= 11 is 0. The Bertz CT molecular complexity index is 410. The predicted octanol–water partition coefficient (Wildman–Crippen LogP) is 0.139. The van der Waals surface area contributed by atoms with Crippen molar-refractivity contribution in [3.05, 3.63) is 28.3 Å². The van der Waals surface area contributed by atoms with Crippen molar-refractivity contribution in [3.8, 4) is 5.75 Å². The Morgan fingerprint density at radius 3 is 3.12 bits per heavy atom. The van der Waals surface area contributed by atoms with Gasteiger partial charge in [0.25, 0.3) is 0 Å². The third-order valence-corrected chi connectivity index (χ3v) is 2.93. The quantitative estimate of drug-likeness (QED) is 0.764. The Labute approximate surface area is 93.7 Å². The molecular formula is C11H16N2O3. The lowest BCUT2D eigenvalue weighted by Crippen LogP contribution is -2.33. The van der Waals surface area contributed by atoms with Crippen LogP contribution in [0.15, 0.2) is 21.5 Å². The van der Waals surface area contributed by atoms with E-state index >= 15 is 0 Å². The largest absolute Gasteiger partial charge is 0.502 e. The van der Waals surface area contributed by atoms with Gasteiger partial charge in [-0.2, -0.15) is 0 Å². The second-order valence-electron chi connectivity index (χ2n) is 4.16. The Hall–Kier alpha value is -1.33. The summed E-state index contributed by atoms with van der Waals surface area (Å²) in [6.45, 7) is 2.59. The van der Waals surface area contributed by atoms with Crippen LogP contribution in [0.25, 0.3) is 0 Å². The summed E-state index contributed by atoms with van der Waals surface area (Å²) in [5, 5.41) is 12.3. The van der Waals surface area contributed by atoms with E-state index < -0.39 is 0 Å². The normalized spacial score (nSPS) is 20.5. The SMILES string of the molecule is CN(Cc1cc(=O)c(O)co1)C1CCNC1. The number of hydrogen-bond acceptors (Lipinski definition) is 5. The molecule has 0 saturated carbocycles. The van der Waals surface area contributed by atoms with E-state index in [9.17, 15) is 4.79 Å². The van der Waals surface area contributed by atoms with Crippen LogP contribution in [-0.2, 0) is 6.54 Å². The van der Waals surface area contributed by atoms with Crippen molar-refractivity contribution in [2.75, 3.05) is 20.1 Å². The van der Waals surface area contributed by atoms with Crippen LogP contribution < -0.4 is 10.7 Å². The van der Waals surface area contributed by atoms with Crippen LogP contribution in [-0.4, -0.2) is 36.2 Å². The number of likely N-dealkylation sites (N-methyl/N-ethyl adjacent to an activating group) is 1. The highest BCUT2D eigenvalue weighted by molar-refractivity contribution is 5.15. The minimum absolute atomic E-state index is 0.339. The van der Waals surface area contributed by atoms with E-state index in [-0.39, 0.29) is 11.2 Å². The summed E-state index contributed by atoms with van der Waals surface area (Å²) in [6, 6.07) is 1.83. The van der Waals surface area contributed by atoms with Gasteiger partial charge in [0.1, 0.15) is 12.0 Å². The first-order chi connectivity index (χ1) is 7.66. The minimum atomic E-state index is -0.390. The number of aromatic hydroxyl groups is 1. The maximum Gasteiger partial charge on any atom is 0.226 e. The van der Waals surface area contributed by atoms with Crippen molar-refractivity contribution in [1.29, 1.82) is 0 Å². The summed E-state index contributed by atoms with van der Waals surface area (Å²) in [6.07, 6.45) is 2.21. The molecule has 1 aromatic rings. The number of nitrogens with one attached hydrogen (secondary N) is 1. The van der Waals surface area contributed by atoms with Crippen molar-refractivity contribution < 1.29 is 9.52 Å². The van der Waals surface area contributed by atoms with Gasteiger partial charge in [-0.05, 0) is 20.0 Å². The lowest BCUT2D eigenvalue weighted by atomic mass is 10.2. The van der Waals surface area contributed by atoms with Crippen LogP contribution in [0.5, 0.6) is 5.75 Å². The average molecular weight is 224 g/mol. The molecular weight excluding hydrogens is 208 g/mol. The first-order valence-electron chi connectivity index (χ1n) is 5.38. The highest BCUT2D eigenvalue weighted by Crippen LogP contribution is 2.11. The molecule has 2 heterocycles. The zero-order valence-corrected chi connectivity index (χ0v) is 9.27. The number of nitrogens with zero attached hydrogens (tertiary/aromatic N) is 1. The highest BCUT2D eigenvalue weighted by atomic mass is 16.4. The molecule has 0 aliphatic carbocycles. The van der Waals surface area contributed by atoms with E-state index in [2.05, 4.69) is 10.2 Å². The van der Waals surface area contributed by atoms with Gasteiger partial charge in [-0.15, -0.1) is 0 Å². The number of hydrogen-bond donors (Lipinski definition) is 2. The molecule has 1 unspecified atom stereocenters. The molecule has 16 heavy (non-hydrogen) atoms. The Balaban J connectivity index is 2.02. The van der Waals surface area contributed by atoms with Crippen LogP contribution in [0.2, 0.25) is 0 Å². The van der Waals surface area contributed by atoms with Crippen molar-refractivity contribution in [3.63, 3.8) is 0 Å². The monoisotopic (exact) mass is 224 g/mol. The zero-order valence-electron chi connectivity index (χ0n) is 9.27. The van der Waals surface area contributed by atoms with Gasteiger partial charge in [-0.3, -0.25) is 9.69 Å². The summed E-state index contributed by atoms with van der Waals surface area (Å²) in [5.74, 6) is 0.242.